The molecular weight excluding hydrogens is 408 g/mol. The summed E-state index contributed by atoms with van der Waals surface area (Å²) in [6.45, 7) is 1.17. The number of H-pyrrole nitrogens is 1. The number of anilines is 2. The number of hydrogen-bond donors (Lipinski definition) is 2. The molecule has 2 aliphatic rings. The van der Waals surface area contributed by atoms with E-state index < -0.39 is 4.92 Å². The number of nitro benzene ring substituents is 1. The quantitative estimate of drug-likeness (QED) is 0.442. The molecule has 5 rings (SSSR count). The van der Waals surface area contributed by atoms with E-state index in [4.69, 9.17) is 0 Å². The molecule has 3 aromatic rings. The fraction of sp³-hybridized carbons (Fsp3) is 0.348. The lowest BCUT2D eigenvalue weighted by Crippen LogP contribution is -2.38. The fourth-order valence-electron chi connectivity index (χ4n) is 4.13. The molecule has 32 heavy (non-hydrogen) atoms. The van der Waals surface area contributed by atoms with E-state index in [0.717, 1.165) is 43.0 Å². The molecule has 0 bridgehead atoms. The minimum atomic E-state index is -0.463. The number of benzene rings is 2. The van der Waals surface area contributed by atoms with Crippen LogP contribution >= 0.6 is 0 Å². The van der Waals surface area contributed by atoms with Gasteiger partial charge >= 0.3 is 0 Å². The Balaban J connectivity index is 1.26. The Labute approximate surface area is 185 Å². The summed E-state index contributed by atoms with van der Waals surface area (Å²) < 4.78 is 0. The van der Waals surface area contributed by atoms with E-state index in [0.29, 0.717) is 30.3 Å². The van der Waals surface area contributed by atoms with E-state index in [2.05, 4.69) is 20.5 Å². The average Bonchev–Trinajstić information content (AvgIpc) is 3.56. The number of aromatic nitrogens is 3. The Kier molecular flexibility index (Phi) is 5.30. The van der Waals surface area contributed by atoms with Gasteiger partial charge in [0.1, 0.15) is 11.5 Å². The normalized spacial score (nSPS) is 16.7. The van der Waals surface area contributed by atoms with Gasteiger partial charge in [0.2, 0.25) is 0 Å². The molecule has 2 N–H and O–H groups in total. The third kappa shape index (κ3) is 4.18. The molecule has 1 aliphatic carbocycles. The van der Waals surface area contributed by atoms with E-state index in [1.807, 2.05) is 30.3 Å². The zero-order valence-corrected chi connectivity index (χ0v) is 17.5. The third-order valence-electron chi connectivity index (χ3n) is 6.13. The van der Waals surface area contributed by atoms with Crippen LogP contribution < -0.4 is 5.32 Å². The Morgan fingerprint density at radius 3 is 2.50 bits per heavy atom. The lowest BCUT2D eigenvalue weighted by molar-refractivity contribution is -0.383. The minimum Gasteiger partial charge on any atom is -0.350 e. The highest BCUT2D eigenvalue weighted by molar-refractivity contribution is 5.96. The molecule has 0 unspecified atom stereocenters. The number of aromatic amines is 1. The number of piperidine rings is 1. The summed E-state index contributed by atoms with van der Waals surface area (Å²) >= 11 is 0. The van der Waals surface area contributed by atoms with Gasteiger partial charge in [-0.1, -0.05) is 18.2 Å². The van der Waals surface area contributed by atoms with Crippen molar-refractivity contribution >= 4 is 23.0 Å². The number of amides is 1. The predicted molar refractivity (Wildman–Crippen MR) is 119 cm³/mol. The van der Waals surface area contributed by atoms with E-state index in [1.165, 1.54) is 6.07 Å². The van der Waals surface area contributed by atoms with Crippen molar-refractivity contribution in [2.45, 2.75) is 37.5 Å². The molecule has 2 aromatic carbocycles. The number of nitro groups is 1. The molecule has 1 saturated heterocycles. The van der Waals surface area contributed by atoms with Gasteiger partial charge in [0.25, 0.3) is 11.6 Å². The Hall–Kier alpha value is -3.75. The van der Waals surface area contributed by atoms with Gasteiger partial charge < -0.3 is 10.2 Å². The minimum absolute atomic E-state index is 0.121. The molecule has 0 spiro atoms. The van der Waals surface area contributed by atoms with E-state index in [9.17, 15) is 14.9 Å². The first kappa shape index (κ1) is 20.2. The number of nitrogens with zero attached hydrogens (tertiary/aromatic N) is 4. The SMILES string of the molecule is O=C(c1ccc(Nc2ccccc2)c([N+](=O)[O-])c1)N1CCC(c2nc(C3CC3)n[nH]2)CC1. The van der Waals surface area contributed by atoms with Crippen LogP contribution in [0, 0.1) is 10.1 Å². The summed E-state index contributed by atoms with van der Waals surface area (Å²) in [5.41, 5.74) is 1.30. The van der Waals surface area contributed by atoms with Crippen molar-refractivity contribution in [1.82, 2.24) is 20.1 Å². The van der Waals surface area contributed by atoms with Gasteiger partial charge in [-0.05, 0) is 49.9 Å². The van der Waals surface area contributed by atoms with Crippen LogP contribution in [0.4, 0.5) is 17.1 Å². The average molecular weight is 432 g/mol. The molecule has 0 radical (unpaired) electrons. The third-order valence-corrected chi connectivity index (χ3v) is 6.13. The molecular formula is C23H24N6O3. The molecule has 2 fully saturated rings. The van der Waals surface area contributed by atoms with E-state index >= 15 is 0 Å². The van der Waals surface area contributed by atoms with Crippen molar-refractivity contribution in [2.24, 2.45) is 0 Å². The zero-order valence-electron chi connectivity index (χ0n) is 17.5. The number of nitrogens with one attached hydrogen (secondary N) is 2. The number of hydrogen-bond acceptors (Lipinski definition) is 6. The Morgan fingerprint density at radius 1 is 1.06 bits per heavy atom. The predicted octanol–water partition coefficient (Wildman–Crippen LogP) is 4.35. The van der Waals surface area contributed by atoms with Crippen LogP contribution in [0.1, 0.15) is 59.5 Å². The van der Waals surface area contributed by atoms with Crippen molar-refractivity contribution in [3.05, 3.63) is 75.9 Å². The largest absolute Gasteiger partial charge is 0.350 e. The van der Waals surface area contributed by atoms with Crippen LogP contribution in [0.2, 0.25) is 0 Å². The van der Waals surface area contributed by atoms with Gasteiger partial charge in [-0.3, -0.25) is 20.0 Å². The Morgan fingerprint density at radius 2 is 1.81 bits per heavy atom. The van der Waals surface area contributed by atoms with Gasteiger partial charge in [-0.2, -0.15) is 5.10 Å². The summed E-state index contributed by atoms with van der Waals surface area (Å²) in [4.78, 5) is 30.6. The standard InChI is InChI=1S/C23H24N6O3/c30-23(28-12-10-16(11-13-28)22-25-21(26-27-22)15-6-7-15)17-8-9-19(20(14-17)29(31)32)24-18-4-2-1-3-5-18/h1-5,8-9,14-16,24H,6-7,10-13H2,(H,25,26,27). The lowest BCUT2D eigenvalue weighted by Gasteiger charge is -2.31. The van der Waals surface area contributed by atoms with Crippen LogP contribution in [0.3, 0.4) is 0 Å². The van der Waals surface area contributed by atoms with Gasteiger partial charge in [0.15, 0.2) is 5.82 Å². The summed E-state index contributed by atoms with van der Waals surface area (Å²) in [7, 11) is 0. The van der Waals surface area contributed by atoms with Crippen LogP contribution in [-0.2, 0) is 0 Å². The first-order chi connectivity index (χ1) is 15.6. The number of likely N-dealkylation sites (tertiary alicyclic amines) is 1. The van der Waals surface area contributed by atoms with E-state index in [1.54, 1.807) is 17.0 Å². The maximum Gasteiger partial charge on any atom is 0.293 e. The molecule has 164 valence electrons. The first-order valence-corrected chi connectivity index (χ1v) is 10.9. The molecule has 1 amide bonds. The lowest BCUT2D eigenvalue weighted by atomic mass is 9.95. The zero-order chi connectivity index (χ0) is 22.1. The van der Waals surface area contributed by atoms with Crippen molar-refractivity contribution in [3.63, 3.8) is 0 Å². The van der Waals surface area contributed by atoms with Crippen molar-refractivity contribution in [3.8, 4) is 0 Å². The second kappa shape index (κ2) is 8.41. The summed E-state index contributed by atoms with van der Waals surface area (Å²) in [6.07, 6.45) is 3.91. The number of para-hydroxylation sites is 1. The van der Waals surface area contributed by atoms with Crippen LogP contribution in [-0.4, -0.2) is 44.0 Å². The molecule has 1 aliphatic heterocycles. The second-order valence-electron chi connectivity index (χ2n) is 8.40. The topological polar surface area (TPSA) is 117 Å². The highest BCUT2D eigenvalue weighted by Crippen LogP contribution is 2.38. The molecule has 1 saturated carbocycles. The fourth-order valence-corrected chi connectivity index (χ4v) is 4.13. The molecule has 9 heteroatoms. The highest BCUT2D eigenvalue weighted by Gasteiger charge is 2.31. The molecule has 1 aromatic heterocycles. The number of rotatable bonds is 6. The second-order valence-corrected chi connectivity index (χ2v) is 8.40. The maximum absolute atomic E-state index is 13.0. The van der Waals surface area contributed by atoms with E-state index in [-0.39, 0.29) is 17.5 Å². The monoisotopic (exact) mass is 432 g/mol. The van der Waals surface area contributed by atoms with Gasteiger partial charge in [-0.15, -0.1) is 0 Å². The number of carbonyl (C=O) groups excluding carboxylic acids is 1. The molecule has 0 atom stereocenters. The van der Waals surface area contributed by atoms with Crippen molar-refractivity contribution < 1.29 is 9.72 Å². The van der Waals surface area contributed by atoms with Crippen LogP contribution in [0.25, 0.3) is 0 Å². The maximum atomic E-state index is 13.0. The van der Waals surface area contributed by atoms with Crippen molar-refractivity contribution in [2.75, 3.05) is 18.4 Å². The summed E-state index contributed by atoms with van der Waals surface area (Å²) in [5.74, 6) is 2.40. The van der Waals surface area contributed by atoms with Gasteiger partial charge in [0, 0.05) is 42.2 Å². The summed E-state index contributed by atoms with van der Waals surface area (Å²) in [5, 5.41) is 22.1. The molecule has 9 nitrogen and oxygen atoms in total. The van der Waals surface area contributed by atoms with Crippen molar-refractivity contribution in [1.29, 1.82) is 0 Å². The summed E-state index contributed by atoms with van der Waals surface area (Å²) in [6, 6.07) is 13.8. The van der Waals surface area contributed by atoms with Crippen LogP contribution in [0.5, 0.6) is 0 Å². The van der Waals surface area contributed by atoms with Gasteiger partial charge in [-0.25, -0.2) is 4.98 Å². The first-order valence-electron chi connectivity index (χ1n) is 10.9. The van der Waals surface area contributed by atoms with Gasteiger partial charge in [0.05, 0.1) is 4.92 Å². The van der Waals surface area contributed by atoms with Crippen LogP contribution in [0.15, 0.2) is 48.5 Å². The smallest absolute Gasteiger partial charge is 0.293 e. The highest BCUT2D eigenvalue weighted by atomic mass is 16.6. The number of carbonyl (C=O) groups is 1. The Bertz CT molecular complexity index is 1130. The molecule has 2 heterocycles.